The molecule has 16 heavy (non-hydrogen) atoms. The van der Waals surface area contributed by atoms with Gasteiger partial charge < -0.3 is 10.0 Å². The normalized spacial score (nSPS) is 20.0. The van der Waals surface area contributed by atoms with E-state index in [0.717, 1.165) is 6.42 Å². The number of rotatable bonds is 3. The second kappa shape index (κ2) is 4.30. The standard InChI is InChI=1S/C9H12N4O3/c14-8(6-12-5-3-10-11-12)13-4-1-2-7(13)9(15)16/h3,5,7H,1-2,4,6H2,(H,15,16)/t7-/m1/s1. The Morgan fingerprint density at radius 2 is 2.31 bits per heavy atom. The van der Waals surface area contributed by atoms with E-state index < -0.39 is 12.0 Å². The molecule has 1 fully saturated rings. The fourth-order valence-electron chi connectivity index (χ4n) is 1.87. The van der Waals surface area contributed by atoms with Crippen LogP contribution < -0.4 is 0 Å². The van der Waals surface area contributed by atoms with Gasteiger partial charge in [0.25, 0.3) is 0 Å². The van der Waals surface area contributed by atoms with Crippen LogP contribution in [-0.4, -0.2) is 49.5 Å². The van der Waals surface area contributed by atoms with Crippen LogP contribution in [0.15, 0.2) is 12.4 Å². The van der Waals surface area contributed by atoms with Crippen LogP contribution in [0.2, 0.25) is 0 Å². The van der Waals surface area contributed by atoms with E-state index in [-0.39, 0.29) is 12.5 Å². The molecule has 7 heteroatoms. The topological polar surface area (TPSA) is 88.3 Å². The Labute approximate surface area is 91.7 Å². The monoisotopic (exact) mass is 224 g/mol. The molecule has 86 valence electrons. The first-order valence-electron chi connectivity index (χ1n) is 5.05. The molecule has 1 N–H and O–H groups in total. The summed E-state index contributed by atoms with van der Waals surface area (Å²) in [4.78, 5) is 24.1. The smallest absolute Gasteiger partial charge is 0.326 e. The van der Waals surface area contributed by atoms with Crippen molar-refractivity contribution in [2.24, 2.45) is 0 Å². The lowest BCUT2D eigenvalue weighted by Gasteiger charge is -2.21. The zero-order valence-corrected chi connectivity index (χ0v) is 8.61. The van der Waals surface area contributed by atoms with Crippen molar-refractivity contribution in [1.82, 2.24) is 19.9 Å². The second-order valence-corrected chi connectivity index (χ2v) is 3.68. The molecule has 0 aromatic carbocycles. The molecular formula is C9H12N4O3. The Hall–Kier alpha value is -1.92. The van der Waals surface area contributed by atoms with Gasteiger partial charge in [-0.1, -0.05) is 5.21 Å². The molecule has 1 aliphatic heterocycles. The summed E-state index contributed by atoms with van der Waals surface area (Å²) < 4.78 is 1.39. The van der Waals surface area contributed by atoms with Gasteiger partial charge in [0, 0.05) is 12.7 Å². The molecule has 7 nitrogen and oxygen atoms in total. The molecule has 1 aromatic rings. The largest absolute Gasteiger partial charge is 0.480 e. The predicted octanol–water partition coefficient (Wildman–Crippen LogP) is -0.646. The predicted molar refractivity (Wildman–Crippen MR) is 52.4 cm³/mol. The van der Waals surface area contributed by atoms with Crippen molar-refractivity contribution in [1.29, 1.82) is 0 Å². The summed E-state index contributed by atoms with van der Waals surface area (Å²) in [6, 6.07) is -0.684. The molecule has 2 heterocycles. The summed E-state index contributed by atoms with van der Waals surface area (Å²) in [5, 5.41) is 16.2. The lowest BCUT2D eigenvalue weighted by molar-refractivity contribution is -0.148. The van der Waals surface area contributed by atoms with Crippen molar-refractivity contribution in [2.45, 2.75) is 25.4 Å². The molecule has 0 spiro atoms. The van der Waals surface area contributed by atoms with Gasteiger partial charge in [-0.3, -0.25) is 4.79 Å². The van der Waals surface area contributed by atoms with Crippen molar-refractivity contribution in [3.63, 3.8) is 0 Å². The van der Waals surface area contributed by atoms with Gasteiger partial charge in [-0.25, -0.2) is 9.48 Å². The number of carbonyl (C=O) groups is 2. The van der Waals surface area contributed by atoms with E-state index in [0.29, 0.717) is 13.0 Å². The SMILES string of the molecule is O=C(O)[C@H]1CCCN1C(=O)Cn1ccnn1. The van der Waals surface area contributed by atoms with E-state index in [1.807, 2.05) is 0 Å². The number of hydrogen-bond acceptors (Lipinski definition) is 4. The summed E-state index contributed by atoms with van der Waals surface area (Å²) >= 11 is 0. The summed E-state index contributed by atoms with van der Waals surface area (Å²) in [6.45, 7) is 0.550. The molecule has 1 saturated heterocycles. The Morgan fingerprint density at radius 3 is 2.94 bits per heavy atom. The minimum absolute atomic E-state index is 0.0454. The average Bonchev–Trinajstić information content (AvgIpc) is 2.86. The molecular weight excluding hydrogens is 212 g/mol. The third-order valence-electron chi connectivity index (χ3n) is 2.63. The molecule has 1 aromatic heterocycles. The Kier molecular flexibility index (Phi) is 2.84. The maximum atomic E-state index is 11.8. The number of carboxylic acids is 1. The van der Waals surface area contributed by atoms with Crippen LogP contribution in [0.25, 0.3) is 0 Å². The maximum absolute atomic E-state index is 11.8. The number of nitrogens with zero attached hydrogens (tertiary/aromatic N) is 4. The number of amides is 1. The Balaban J connectivity index is 2.01. The molecule has 0 bridgehead atoms. The van der Waals surface area contributed by atoms with Crippen LogP contribution in [0, 0.1) is 0 Å². The van der Waals surface area contributed by atoms with Gasteiger partial charge in [0.05, 0.1) is 6.20 Å². The third-order valence-corrected chi connectivity index (χ3v) is 2.63. The van der Waals surface area contributed by atoms with Gasteiger partial charge in [-0.2, -0.15) is 0 Å². The average molecular weight is 224 g/mol. The quantitative estimate of drug-likeness (QED) is 0.737. The summed E-state index contributed by atoms with van der Waals surface area (Å²) in [7, 11) is 0. The molecule has 0 radical (unpaired) electrons. The highest BCUT2D eigenvalue weighted by Crippen LogP contribution is 2.17. The first-order valence-corrected chi connectivity index (χ1v) is 5.05. The van der Waals surface area contributed by atoms with Gasteiger partial charge in [0.15, 0.2) is 0 Å². The van der Waals surface area contributed by atoms with Gasteiger partial charge in [0.2, 0.25) is 5.91 Å². The highest BCUT2D eigenvalue weighted by Gasteiger charge is 2.33. The van der Waals surface area contributed by atoms with Gasteiger partial charge >= 0.3 is 5.97 Å². The van der Waals surface area contributed by atoms with Crippen LogP contribution in [0.1, 0.15) is 12.8 Å². The zero-order chi connectivity index (χ0) is 11.5. The number of hydrogen-bond donors (Lipinski definition) is 1. The molecule has 1 atom stereocenters. The maximum Gasteiger partial charge on any atom is 0.326 e. The van der Waals surface area contributed by atoms with E-state index in [2.05, 4.69) is 10.3 Å². The Bertz CT molecular complexity index is 389. The first kappa shape index (κ1) is 10.6. The number of aromatic nitrogens is 3. The van der Waals surface area contributed by atoms with E-state index in [4.69, 9.17) is 5.11 Å². The highest BCUT2D eigenvalue weighted by atomic mass is 16.4. The number of likely N-dealkylation sites (tertiary alicyclic amines) is 1. The molecule has 2 rings (SSSR count). The molecule has 0 unspecified atom stereocenters. The van der Waals surface area contributed by atoms with Crippen LogP contribution in [0.4, 0.5) is 0 Å². The highest BCUT2D eigenvalue weighted by molar-refractivity contribution is 5.84. The minimum Gasteiger partial charge on any atom is -0.480 e. The van der Waals surface area contributed by atoms with Gasteiger partial charge in [0.1, 0.15) is 12.6 Å². The molecule has 1 aliphatic rings. The van der Waals surface area contributed by atoms with Crippen molar-refractivity contribution >= 4 is 11.9 Å². The molecule has 0 saturated carbocycles. The van der Waals surface area contributed by atoms with Crippen LogP contribution >= 0.6 is 0 Å². The van der Waals surface area contributed by atoms with E-state index in [9.17, 15) is 9.59 Å². The molecule has 1 amide bonds. The fraction of sp³-hybridized carbons (Fsp3) is 0.556. The van der Waals surface area contributed by atoms with Crippen molar-refractivity contribution in [2.75, 3.05) is 6.54 Å². The summed E-state index contributed by atoms with van der Waals surface area (Å²) in [5.74, 6) is -1.17. The lowest BCUT2D eigenvalue weighted by Crippen LogP contribution is -2.42. The number of carboxylic acid groups (broad SMARTS) is 1. The number of carbonyl (C=O) groups excluding carboxylic acids is 1. The number of aliphatic carboxylic acids is 1. The Morgan fingerprint density at radius 1 is 1.50 bits per heavy atom. The molecule has 0 aliphatic carbocycles. The third kappa shape index (κ3) is 2.02. The van der Waals surface area contributed by atoms with Crippen molar-refractivity contribution < 1.29 is 14.7 Å². The van der Waals surface area contributed by atoms with Crippen LogP contribution in [-0.2, 0) is 16.1 Å². The van der Waals surface area contributed by atoms with Crippen molar-refractivity contribution in [3.8, 4) is 0 Å². The zero-order valence-electron chi connectivity index (χ0n) is 8.61. The van der Waals surface area contributed by atoms with Gasteiger partial charge in [-0.15, -0.1) is 5.10 Å². The minimum atomic E-state index is -0.940. The van der Waals surface area contributed by atoms with Crippen molar-refractivity contribution in [3.05, 3.63) is 12.4 Å². The van der Waals surface area contributed by atoms with E-state index in [1.54, 1.807) is 6.20 Å². The van der Waals surface area contributed by atoms with Crippen LogP contribution in [0.5, 0.6) is 0 Å². The van der Waals surface area contributed by atoms with E-state index >= 15 is 0 Å². The lowest BCUT2D eigenvalue weighted by atomic mass is 10.2. The summed E-state index contributed by atoms with van der Waals surface area (Å²) in [5.41, 5.74) is 0. The van der Waals surface area contributed by atoms with E-state index in [1.165, 1.54) is 15.8 Å². The summed E-state index contributed by atoms with van der Waals surface area (Å²) in [6.07, 6.45) is 4.31. The second-order valence-electron chi connectivity index (χ2n) is 3.68. The van der Waals surface area contributed by atoms with Gasteiger partial charge in [-0.05, 0) is 12.8 Å². The fourth-order valence-corrected chi connectivity index (χ4v) is 1.87. The first-order chi connectivity index (χ1) is 7.68. The van der Waals surface area contributed by atoms with Crippen LogP contribution in [0.3, 0.4) is 0 Å².